The third-order valence-corrected chi connectivity index (χ3v) is 5.21. The quantitative estimate of drug-likeness (QED) is 0.606. The van der Waals surface area contributed by atoms with Crippen LogP contribution in [0.2, 0.25) is 0 Å². The summed E-state index contributed by atoms with van der Waals surface area (Å²) in [6.07, 6.45) is 2.14. The number of nitrogens with one attached hydrogen (secondary N) is 1. The third kappa shape index (κ3) is 3.85. The van der Waals surface area contributed by atoms with Gasteiger partial charge in [0, 0.05) is 18.0 Å². The number of likely N-dealkylation sites (tertiary alicyclic amines) is 1. The molecule has 4 rings (SSSR count). The number of aliphatic hydroxyl groups excluding tert-OH is 1. The van der Waals surface area contributed by atoms with Crippen LogP contribution in [0.3, 0.4) is 0 Å². The number of rotatable bonds is 6. The monoisotopic (exact) mass is 381 g/mol. The van der Waals surface area contributed by atoms with Gasteiger partial charge in [-0.25, -0.2) is 4.79 Å². The van der Waals surface area contributed by atoms with E-state index in [4.69, 9.17) is 4.42 Å². The maximum Gasteiger partial charge on any atom is 0.336 e. The number of furan rings is 1. The first-order chi connectivity index (χ1) is 13.6. The summed E-state index contributed by atoms with van der Waals surface area (Å²) in [5.74, 6) is 0.747. The number of carbonyl (C=O) groups is 1. The molecule has 0 spiro atoms. The minimum absolute atomic E-state index is 0.0313. The summed E-state index contributed by atoms with van der Waals surface area (Å²) in [4.78, 5) is 13.8. The van der Waals surface area contributed by atoms with Crippen LogP contribution in [0.25, 0.3) is 11.3 Å². The zero-order valence-electron chi connectivity index (χ0n) is 15.5. The molecule has 28 heavy (non-hydrogen) atoms. The number of carboxylic acids is 1. The van der Waals surface area contributed by atoms with Crippen molar-refractivity contribution < 1.29 is 19.4 Å². The maximum atomic E-state index is 11.4. The van der Waals surface area contributed by atoms with Gasteiger partial charge in [-0.3, -0.25) is 10.00 Å². The van der Waals surface area contributed by atoms with Crippen LogP contribution in [0.4, 0.5) is 0 Å². The second-order valence-corrected chi connectivity index (χ2v) is 7.17. The van der Waals surface area contributed by atoms with Crippen molar-refractivity contribution in [2.24, 2.45) is 0 Å². The molecule has 3 aromatic rings. The van der Waals surface area contributed by atoms with Gasteiger partial charge in [0.25, 0.3) is 0 Å². The number of aromatic amines is 1. The lowest BCUT2D eigenvalue weighted by Gasteiger charge is -2.31. The van der Waals surface area contributed by atoms with Crippen molar-refractivity contribution in [1.29, 1.82) is 0 Å². The lowest BCUT2D eigenvalue weighted by atomic mass is 9.94. The number of aromatic nitrogens is 2. The van der Waals surface area contributed by atoms with Crippen molar-refractivity contribution in [1.82, 2.24) is 15.1 Å². The van der Waals surface area contributed by atoms with Gasteiger partial charge in [0.15, 0.2) is 0 Å². The molecule has 2 aromatic heterocycles. The van der Waals surface area contributed by atoms with E-state index in [1.165, 1.54) is 0 Å². The smallest absolute Gasteiger partial charge is 0.336 e. The third-order valence-electron chi connectivity index (χ3n) is 5.21. The standard InChI is InChI=1S/C21H23N3O4/c25-13-15-10-19(23-22-15)14-4-3-9-24(11-14)12-16-7-8-20(28-16)17-5-1-2-6-18(17)21(26)27/h1-2,5-8,10,14,25H,3-4,9,11-13H2,(H,22,23)(H,26,27). The molecule has 1 unspecified atom stereocenters. The van der Waals surface area contributed by atoms with E-state index in [1.54, 1.807) is 18.2 Å². The molecule has 0 saturated carbocycles. The molecule has 1 atom stereocenters. The van der Waals surface area contributed by atoms with Gasteiger partial charge >= 0.3 is 5.97 Å². The number of benzene rings is 1. The van der Waals surface area contributed by atoms with Crippen LogP contribution in [0.1, 0.15) is 46.3 Å². The Labute approximate surface area is 162 Å². The lowest BCUT2D eigenvalue weighted by molar-refractivity contribution is 0.0697. The summed E-state index contributed by atoms with van der Waals surface area (Å²) in [6.45, 7) is 2.49. The van der Waals surface area contributed by atoms with Crippen molar-refractivity contribution >= 4 is 5.97 Å². The molecule has 3 N–H and O–H groups in total. The fourth-order valence-electron chi connectivity index (χ4n) is 3.82. The number of H-pyrrole nitrogens is 1. The van der Waals surface area contributed by atoms with Crippen LogP contribution >= 0.6 is 0 Å². The predicted octanol–water partition coefficient (Wildman–Crippen LogP) is 3.24. The topological polar surface area (TPSA) is 103 Å². The summed E-state index contributed by atoms with van der Waals surface area (Å²) < 4.78 is 5.97. The largest absolute Gasteiger partial charge is 0.478 e. The number of aromatic carboxylic acids is 1. The Morgan fingerprint density at radius 3 is 2.93 bits per heavy atom. The SMILES string of the molecule is O=C(O)c1ccccc1-c1ccc(CN2CCCC(c3cc(CO)[nH]n3)C2)o1. The Bertz CT molecular complexity index is 962. The summed E-state index contributed by atoms with van der Waals surface area (Å²) in [5.41, 5.74) is 2.55. The number of piperidine rings is 1. The van der Waals surface area contributed by atoms with Crippen molar-refractivity contribution in [2.75, 3.05) is 13.1 Å². The van der Waals surface area contributed by atoms with E-state index in [0.29, 0.717) is 23.8 Å². The van der Waals surface area contributed by atoms with E-state index in [1.807, 2.05) is 24.3 Å². The minimum Gasteiger partial charge on any atom is -0.478 e. The predicted molar refractivity (Wildman–Crippen MR) is 103 cm³/mol. The molecule has 0 radical (unpaired) electrons. The van der Waals surface area contributed by atoms with Gasteiger partial charge in [-0.05, 0) is 43.7 Å². The van der Waals surface area contributed by atoms with Crippen molar-refractivity contribution in [2.45, 2.75) is 31.9 Å². The summed E-state index contributed by atoms with van der Waals surface area (Å²) >= 11 is 0. The van der Waals surface area contributed by atoms with Gasteiger partial charge in [0.1, 0.15) is 11.5 Å². The molecule has 7 nitrogen and oxygen atoms in total. The highest BCUT2D eigenvalue weighted by Crippen LogP contribution is 2.29. The van der Waals surface area contributed by atoms with Gasteiger partial charge in [0.05, 0.1) is 30.1 Å². The number of nitrogens with zero attached hydrogens (tertiary/aromatic N) is 2. The highest BCUT2D eigenvalue weighted by Gasteiger charge is 2.24. The molecule has 0 bridgehead atoms. The summed E-state index contributed by atoms with van der Waals surface area (Å²) in [6, 6.07) is 12.5. The fourth-order valence-corrected chi connectivity index (χ4v) is 3.82. The van der Waals surface area contributed by atoms with Gasteiger partial charge in [-0.15, -0.1) is 0 Å². The van der Waals surface area contributed by atoms with E-state index in [-0.39, 0.29) is 12.2 Å². The number of hydrogen-bond donors (Lipinski definition) is 3. The number of hydrogen-bond acceptors (Lipinski definition) is 5. The van der Waals surface area contributed by atoms with Crippen molar-refractivity contribution in [3.63, 3.8) is 0 Å². The average molecular weight is 381 g/mol. The summed E-state index contributed by atoms with van der Waals surface area (Å²) in [5, 5.41) is 25.8. The highest BCUT2D eigenvalue weighted by molar-refractivity contribution is 5.95. The molecule has 0 aliphatic carbocycles. The maximum absolute atomic E-state index is 11.4. The van der Waals surface area contributed by atoms with Crippen LogP contribution in [-0.2, 0) is 13.2 Å². The Kier molecular flexibility index (Phi) is 5.27. The Hall–Kier alpha value is -2.90. The van der Waals surface area contributed by atoms with Crippen LogP contribution in [0.15, 0.2) is 46.9 Å². The molecule has 1 aromatic carbocycles. The van der Waals surface area contributed by atoms with Crippen LogP contribution in [0, 0.1) is 0 Å². The Morgan fingerprint density at radius 1 is 1.29 bits per heavy atom. The second-order valence-electron chi connectivity index (χ2n) is 7.17. The molecule has 1 saturated heterocycles. The average Bonchev–Trinajstić information content (AvgIpc) is 3.38. The first kappa shape index (κ1) is 18.5. The summed E-state index contributed by atoms with van der Waals surface area (Å²) in [7, 11) is 0. The molecule has 1 fully saturated rings. The Balaban J connectivity index is 1.46. The molecule has 1 aliphatic rings. The molecular weight excluding hydrogens is 358 g/mol. The van der Waals surface area contributed by atoms with Gasteiger partial charge in [0.2, 0.25) is 0 Å². The molecule has 7 heteroatoms. The lowest BCUT2D eigenvalue weighted by Crippen LogP contribution is -2.33. The minimum atomic E-state index is -0.964. The van der Waals surface area contributed by atoms with Crippen LogP contribution in [0.5, 0.6) is 0 Å². The van der Waals surface area contributed by atoms with Crippen molar-refractivity contribution in [3.8, 4) is 11.3 Å². The first-order valence-electron chi connectivity index (χ1n) is 9.43. The fraction of sp³-hybridized carbons (Fsp3) is 0.333. The molecule has 1 aliphatic heterocycles. The molecule has 3 heterocycles. The van der Waals surface area contributed by atoms with Gasteiger partial charge < -0.3 is 14.6 Å². The van der Waals surface area contributed by atoms with E-state index in [2.05, 4.69) is 15.1 Å². The van der Waals surface area contributed by atoms with E-state index < -0.39 is 5.97 Å². The Morgan fingerprint density at radius 2 is 2.14 bits per heavy atom. The number of aliphatic hydroxyl groups is 1. The van der Waals surface area contributed by atoms with Gasteiger partial charge in [-0.2, -0.15) is 5.10 Å². The molecule has 0 amide bonds. The van der Waals surface area contributed by atoms with E-state index in [0.717, 1.165) is 43.1 Å². The van der Waals surface area contributed by atoms with Gasteiger partial charge in [-0.1, -0.05) is 18.2 Å². The van der Waals surface area contributed by atoms with Crippen LogP contribution < -0.4 is 0 Å². The zero-order valence-corrected chi connectivity index (χ0v) is 15.5. The molecule has 146 valence electrons. The molecular formula is C21H23N3O4. The van der Waals surface area contributed by atoms with E-state index in [9.17, 15) is 15.0 Å². The highest BCUT2D eigenvalue weighted by atomic mass is 16.4. The second kappa shape index (κ2) is 8.00. The van der Waals surface area contributed by atoms with Crippen molar-refractivity contribution in [3.05, 3.63) is 65.2 Å². The number of carboxylic acid groups (broad SMARTS) is 1. The first-order valence-corrected chi connectivity index (χ1v) is 9.43. The normalized spacial score (nSPS) is 17.7. The van der Waals surface area contributed by atoms with Crippen LogP contribution in [-0.4, -0.2) is 44.4 Å². The van der Waals surface area contributed by atoms with E-state index >= 15 is 0 Å². The zero-order chi connectivity index (χ0) is 19.5.